The highest BCUT2D eigenvalue weighted by molar-refractivity contribution is 6.30. The van der Waals surface area contributed by atoms with Crippen LogP contribution in [0.25, 0.3) is 0 Å². The summed E-state index contributed by atoms with van der Waals surface area (Å²) < 4.78 is 11.3. The molecule has 1 aliphatic heterocycles. The third-order valence-corrected chi connectivity index (χ3v) is 3.89. The third-order valence-electron chi connectivity index (χ3n) is 3.63. The van der Waals surface area contributed by atoms with Gasteiger partial charge in [0.25, 0.3) is 0 Å². The highest BCUT2D eigenvalue weighted by Gasteiger charge is 2.27. The Morgan fingerprint density at radius 2 is 1.90 bits per heavy atom. The van der Waals surface area contributed by atoms with Crippen molar-refractivity contribution < 1.29 is 19.5 Å². The molecule has 2 rings (SSSR count). The normalized spacial score (nSPS) is 27.5. The Labute approximate surface area is 131 Å². The van der Waals surface area contributed by atoms with Gasteiger partial charge in [-0.1, -0.05) is 23.7 Å². The summed E-state index contributed by atoms with van der Waals surface area (Å²) in [6.07, 6.45) is 0.0710. The van der Waals surface area contributed by atoms with E-state index in [0.717, 1.165) is 23.7 Å². The lowest BCUT2D eigenvalue weighted by molar-refractivity contribution is -0.918. The molecule has 0 bridgehead atoms. The Morgan fingerprint density at radius 1 is 1.29 bits per heavy atom. The lowest BCUT2D eigenvalue weighted by Crippen LogP contribution is -3.16. The summed E-state index contributed by atoms with van der Waals surface area (Å²) in [7, 11) is 0. The fraction of sp³-hybridized carbons (Fsp3) is 0.625. The zero-order chi connectivity index (χ0) is 15.2. The molecule has 0 saturated carbocycles. The summed E-state index contributed by atoms with van der Waals surface area (Å²) in [4.78, 5) is 1.38. The number of halogens is 1. The SMILES string of the molecule is C[C@@H]1C[NH+](C[C@H](O)COCc2ccc(Cl)cc2)C[C@H](C)O1. The van der Waals surface area contributed by atoms with Crippen LogP contribution in [0.2, 0.25) is 5.02 Å². The first-order chi connectivity index (χ1) is 10.0. The molecule has 1 heterocycles. The van der Waals surface area contributed by atoms with E-state index in [4.69, 9.17) is 21.1 Å². The van der Waals surface area contributed by atoms with Gasteiger partial charge in [0, 0.05) is 5.02 Å². The largest absolute Gasteiger partial charge is 0.385 e. The molecule has 21 heavy (non-hydrogen) atoms. The molecule has 1 aromatic rings. The molecule has 1 saturated heterocycles. The first-order valence-corrected chi connectivity index (χ1v) is 7.90. The molecule has 4 nitrogen and oxygen atoms in total. The second-order valence-electron chi connectivity index (χ2n) is 5.92. The van der Waals surface area contributed by atoms with Crippen molar-refractivity contribution in [2.45, 2.75) is 38.8 Å². The Balaban J connectivity index is 1.67. The van der Waals surface area contributed by atoms with Gasteiger partial charge in [-0.3, -0.25) is 0 Å². The van der Waals surface area contributed by atoms with Gasteiger partial charge in [-0.25, -0.2) is 0 Å². The molecular formula is C16H25ClNO3+. The van der Waals surface area contributed by atoms with E-state index in [1.54, 1.807) is 0 Å². The van der Waals surface area contributed by atoms with E-state index in [1.165, 1.54) is 4.90 Å². The predicted molar refractivity (Wildman–Crippen MR) is 82.7 cm³/mol. The minimum Gasteiger partial charge on any atom is -0.385 e. The minimum absolute atomic E-state index is 0.255. The number of aliphatic hydroxyl groups is 1. The van der Waals surface area contributed by atoms with Crippen molar-refractivity contribution in [1.29, 1.82) is 0 Å². The molecule has 1 fully saturated rings. The predicted octanol–water partition coefficient (Wildman–Crippen LogP) is 0.910. The van der Waals surface area contributed by atoms with E-state index in [-0.39, 0.29) is 12.2 Å². The number of benzene rings is 1. The molecule has 0 spiro atoms. The maximum absolute atomic E-state index is 10.1. The Hall–Kier alpha value is -0.650. The molecule has 4 atom stereocenters. The van der Waals surface area contributed by atoms with Crippen LogP contribution in [-0.2, 0) is 16.1 Å². The van der Waals surface area contributed by atoms with Crippen LogP contribution in [0.3, 0.4) is 0 Å². The molecule has 1 aliphatic rings. The van der Waals surface area contributed by atoms with E-state index in [2.05, 4.69) is 13.8 Å². The number of quaternary nitrogens is 1. The molecule has 0 radical (unpaired) electrons. The second-order valence-corrected chi connectivity index (χ2v) is 6.35. The van der Waals surface area contributed by atoms with Gasteiger partial charge in [-0.2, -0.15) is 0 Å². The van der Waals surface area contributed by atoms with Crippen molar-refractivity contribution in [2.24, 2.45) is 0 Å². The van der Waals surface area contributed by atoms with E-state index in [9.17, 15) is 5.11 Å². The summed E-state index contributed by atoms with van der Waals surface area (Å²) in [5.41, 5.74) is 1.06. The first kappa shape index (κ1) is 16.7. The van der Waals surface area contributed by atoms with Gasteiger partial charge in [0.15, 0.2) is 0 Å². The van der Waals surface area contributed by atoms with Crippen LogP contribution in [0, 0.1) is 0 Å². The number of aliphatic hydroxyl groups excluding tert-OH is 1. The zero-order valence-electron chi connectivity index (χ0n) is 12.7. The lowest BCUT2D eigenvalue weighted by atomic mass is 10.2. The van der Waals surface area contributed by atoms with Crippen LogP contribution < -0.4 is 4.90 Å². The molecule has 1 unspecified atom stereocenters. The summed E-state index contributed by atoms with van der Waals surface area (Å²) >= 11 is 5.83. The summed E-state index contributed by atoms with van der Waals surface area (Å²) in [6.45, 7) is 7.61. The Morgan fingerprint density at radius 3 is 2.52 bits per heavy atom. The average molecular weight is 315 g/mol. The van der Waals surface area contributed by atoms with E-state index < -0.39 is 6.10 Å². The smallest absolute Gasteiger partial charge is 0.126 e. The van der Waals surface area contributed by atoms with Crippen LogP contribution in [0.5, 0.6) is 0 Å². The van der Waals surface area contributed by atoms with Crippen LogP contribution in [-0.4, -0.2) is 49.7 Å². The van der Waals surface area contributed by atoms with E-state index in [0.29, 0.717) is 19.8 Å². The van der Waals surface area contributed by atoms with Crippen molar-refractivity contribution in [2.75, 3.05) is 26.2 Å². The highest BCUT2D eigenvalue weighted by atomic mass is 35.5. The number of hydrogen-bond donors (Lipinski definition) is 2. The molecule has 0 amide bonds. The van der Waals surface area contributed by atoms with Crippen LogP contribution in [0.4, 0.5) is 0 Å². The van der Waals surface area contributed by atoms with Gasteiger partial charge in [0.05, 0.1) is 13.2 Å². The molecule has 118 valence electrons. The summed E-state index contributed by atoms with van der Waals surface area (Å²) in [5.74, 6) is 0. The second kappa shape index (κ2) is 8.11. The molecular weight excluding hydrogens is 290 g/mol. The average Bonchev–Trinajstić information content (AvgIpc) is 2.39. The summed E-state index contributed by atoms with van der Waals surface area (Å²) in [5, 5.41) is 10.8. The molecule has 5 heteroatoms. The monoisotopic (exact) mass is 314 g/mol. The standard InChI is InChI=1S/C16H24ClNO3/c1-12-7-18(8-13(2)21-12)9-16(19)11-20-10-14-3-5-15(17)6-4-14/h3-6,12-13,16,19H,7-11H2,1-2H3/p+1/t12-,13+,16-/m0/s1. The number of morpholine rings is 1. The Kier molecular flexibility index (Phi) is 6.45. The quantitative estimate of drug-likeness (QED) is 0.820. The zero-order valence-corrected chi connectivity index (χ0v) is 13.5. The van der Waals surface area contributed by atoms with Crippen LogP contribution in [0.1, 0.15) is 19.4 Å². The van der Waals surface area contributed by atoms with Gasteiger partial charge in [-0.15, -0.1) is 0 Å². The van der Waals surface area contributed by atoms with Crippen LogP contribution in [0.15, 0.2) is 24.3 Å². The van der Waals surface area contributed by atoms with Crippen molar-refractivity contribution >= 4 is 11.6 Å². The lowest BCUT2D eigenvalue weighted by Gasteiger charge is -2.33. The molecule has 0 aliphatic carbocycles. The topological polar surface area (TPSA) is 43.1 Å². The minimum atomic E-state index is -0.440. The fourth-order valence-electron chi connectivity index (χ4n) is 2.84. The fourth-order valence-corrected chi connectivity index (χ4v) is 2.97. The number of rotatable bonds is 6. The van der Waals surface area contributed by atoms with Crippen molar-refractivity contribution in [1.82, 2.24) is 0 Å². The maximum atomic E-state index is 10.1. The van der Waals surface area contributed by atoms with Crippen LogP contribution >= 0.6 is 11.6 Å². The van der Waals surface area contributed by atoms with E-state index in [1.807, 2.05) is 24.3 Å². The molecule has 0 aromatic heterocycles. The van der Waals surface area contributed by atoms with Crippen molar-refractivity contribution in [3.63, 3.8) is 0 Å². The first-order valence-electron chi connectivity index (χ1n) is 7.52. The number of ether oxygens (including phenoxy) is 2. The number of hydrogen-bond acceptors (Lipinski definition) is 3. The van der Waals surface area contributed by atoms with E-state index >= 15 is 0 Å². The third kappa shape index (κ3) is 5.93. The van der Waals surface area contributed by atoms with Crippen molar-refractivity contribution in [3.05, 3.63) is 34.9 Å². The summed E-state index contributed by atoms with van der Waals surface area (Å²) in [6, 6.07) is 7.56. The number of nitrogens with one attached hydrogen (secondary N) is 1. The molecule has 2 N–H and O–H groups in total. The van der Waals surface area contributed by atoms with Gasteiger partial charge in [0.2, 0.25) is 0 Å². The van der Waals surface area contributed by atoms with Gasteiger partial charge < -0.3 is 19.5 Å². The van der Waals surface area contributed by atoms with Crippen molar-refractivity contribution in [3.8, 4) is 0 Å². The van der Waals surface area contributed by atoms with Gasteiger partial charge in [0.1, 0.15) is 37.9 Å². The molecule has 1 aromatic carbocycles. The van der Waals surface area contributed by atoms with Gasteiger partial charge in [-0.05, 0) is 31.5 Å². The van der Waals surface area contributed by atoms with Gasteiger partial charge >= 0.3 is 0 Å². The Bertz CT molecular complexity index is 416. The maximum Gasteiger partial charge on any atom is 0.126 e. The highest BCUT2D eigenvalue weighted by Crippen LogP contribution is 2.10.